The van der Waals surface area contributed by atoms with E-state index in [-0.39, 0.29) is 11.7 Å². The van der Waals surface area contributed by atoms with Crippen molar-refractivity contribution in [1.82, 2.24) is 0 Å². The Bertz CT molecular complexity index is 520. The van der Waals surface area contributed by atoms with E-state index in [1.54, 1.807) is 17.0 Å². The molecule has 1 fully saturated rings. The van der Waals surface area contributed by atoms with Gasteiger partial charge in [-0.3, -0.25) is 10.1 Å². The van der Waals surface area contributed by atoms with Gasteiger partial charge in [-0.05, 0) is 34.8 Å². The largest absolute Gasteiger partial charge is 0.467 e. The van der Waals surface area contributed by atoms with Crippen molar-refractivity contribution < 1.29 is 14.5 Å². The van der Waals surface area contributed by atoms with Crippen LogP contribution in [0.4, 0.5) is 11.4 Å². The Balaban J connectivity index is 2.46. The zero-order valence-corrected chi connectivity index (χ0v) is 11.9. The highest BCUT2D eigenvalue weighted by atomic mass is 79.9. The molecule has 0 unspecified atom stereocenters. The van der Waals surface area contributed by atoms with Gasteiger partial charge in [0, 0.05) is 17.1 Å². The van der Waals surface area contributed by atoms with Crippen molar-refractivity contribution in [1.29, 1.82) is 0 Å². The van der Waals surface area contributed by atoms with E-state index < -0.39 is 11.0 Å². The van der Waals surface area contributed by atoms with Gasteiger partial charge >= 0.3 is 5.97 Å². The van der Waals surface area contributed by atoms with Crippen LogP contribution >= 0.6 is 15.9 Å². The first-order chi connectivity index (χ1) is 9.06. The zero-order chi connectivity index (χ0) is 14.0. The Morgan fingerprint density at radius 2 is 2.32 bits per heavy atom. The van der Waals surface area contributed by atoms with Crippen LogP contribution in [0.2, 0.25) is 0 Å². The third-order valence-electron chi connectivity index (χ3n) is 3.18. The number of para-hydroxylation sites is 1. The van der Waals surface area contributed by atoms with Crippen LogP contribution in [0.25, 0.3) is 0 Å². The summed E-state index contributed by atoms with van der Waals surface area (Å²) in [5.74, 6) is -0.359. The summed E-state index contributed by atoms with van der Waals surface area (Å²) in [6, 6.07) is 4.32. The highest BCUT2D eigenvalue weighted by molar-refractivity contribution is 9.10. The van der Waals surface area contributed by atoms with Crippen molar-refractivity contribution in [3.05, 3.63) is 32.8 Å². The molecular formula is C12H13BrN2O4. The molecule has 1 saturated heterocycles. The Morgan fingerprint density at radius 3 is 2.95 bits per heavy atom. The number of nitro benzene ring substituents is 1. The summed E-state index contributed by atoms with van der Waals surface area (Å²) in [7, 11) is 1.33. The van der Waals surface area contributed by atoms with E-state index in [4.69, 9.17) is 4.74 Å². The van der Waals surface area contributed by atoms with Crippen LogP contribution in [0.1, 0.15) is 12.8 Å². The number of nitrogens with zero attached hydrogens (tertiary/aromatic N) is 2. The van der Waals surface area contributed by atoms with Crippen LogP contribution in [-0.2, 0) is 9.53 Å². The minimum Gasteiger partial charge on any atom is -0.467 e. The SMILES string of the molecule is COC(=O)[C@@H]1CCCN1c1c(Br)cccc1[N+](=O)[O-]. The van der Waals surface area contributed by atoms with Gasteiger partial charge in [0.05, 0.1) is 12.0 Å². The Labute approximate surface area is 118 Å². The summed E-state index contributed by atoms with van der Waals surface area (Å²) in [5, 5.41) is 11.1. The second-order valence-electron chi connectivity index (χ2n) is 4.24. The zero-order valence-electron chi connectivity index (χ0n) is 10.3. The van der Waals surface area contributed by atoms with Gasteiger partial charge < -0.3 is 9.64 Å². The van der Waals surface area contributed by atoms with Gasteiger partial charge in [-0.1, -0.05) is 6.07 Å². The second kappa shape index (κ2) is 5.56. The maximum Gasteiger partial charge on any atom is 0.328 e. The standard InChI is InChI=1S/C12H13BrN2O4/c1-19-12(16)10-6-3-7-14(10)11-8(13)4-2-5-9(11)15(17)18/h2,4-5,10H,3,6-7H2,1H3/t10-/m0/s1. The summed E-state index contributed by atoms with van der Waals surface area (Å²) in [5.41, 5.74) is 0.436. The van der Waals surface area contributed by atoms with Crippen LogP contribution < -0.4 is 4.90 Å². The van der Waals surface area contributed by atoms with Crippen LogP contribution in [0.3, 0.4) is 0 Å². The van der Waals surface area contributed by atoms with Gasteiger partial charge in [0.1, 0.15) is 11.7 Å². The number of hydrogen-bond acceptors (Lipinski definition) is 5. The van der Waals surface area contributed by atoms with Crippen LogP contribution in [0.5, 0.6) is 0 Å². The van der Waals surface area contributed by atoms with Crippen molar-refractivity contribution in [3.63, 3.8) is 0 Å². The summed E-state index contributed by atoms with van der Waals surface area (Å²) >= 11 is 3.33. The van der Waals surface area contributed by atoms with E-state index in [0.29, 0.717) is 23.1 Å². The molecule has 0 radical (unpaired) electrons. The minimum absolute atomic E-state index is 0.00909. The molecule has 1 aromatic rings. The van der Waals surface area contributed by atoms with Crippen LogP contribution in [0.15, 0.2) is 22.7 Å². The predicted molar refractivity (Wildman–Crippen MR) is 73.2 cm³/mol. The van der Waals surface area contributed by atoms with Crippen molar-refractivity contribution in [2.24, 2.45) is 0 Å². The molecule has 0 aliphatic carbocycles. The number of esters is 1. The first-order valence-electron chi connectivity index (χ1n) is 5.83. The summed E-state index contributed by atoms with van der Waals surface area (Å²) < 4.78 is 5.37. The van der Waals surface area contributed by atoms with Gasteiger partial charge in [-0.25, -0.2) is 4.79 Å². The Morgan fingerprint density at radius 1 is 1.58 bits per heavy atom. The molecule has 1 aliphatic rings. The third-order valence-corrected chi connectivity index (χ3v) is 3.82. The van der Waals surface area contributed by atoms with Crippen molar-refractivity contribution in [2.45, 2.75) is 18.9 Å². The van der Waals surface area contributed by atoms with Crippen molar-refractivity contribution >= 4 is 33.3 Å². The van der Waals surface area contributed by atoms with Crippen molar-refractivity contribution in [3.8, 4) is 0 Å². The minimum atomic E-state index is -0.456. The van der Waals surface area contributed by atoms with Gasteiger partial charge in [0.15, 0.2) is 0 Å². The number of ether oxygens (including phenoxy) is 1. The number of carbonyl (C=O) groups excluding carboxylic acids is 1. The van der Waals surface area contributed by atoms with Gasteiger partial charge in [0.2, 0.25) is 0 Å². The first kappa shape index (κ1) is 13.8. The van der Waals surface area contributed by atoms with E-state index in [2.05, 4.69) is 15.9 Å². The normalized spacial score (nSPS) is 18.4. The van der Waals surface area contributed by atoms with E-state index in [0.717, 1.165) is 6.42 Å². The van der Waals surface area contributed by atoms with E-state index in [9.17, 15) is 14.9 Å². The molecule has 0 bridgehead atoms. The molecule has 1 atom stereocenters. The average Bonchev–Trinajstić information content (AvgIpc) is 2.86. The fourth-order valence-corrected chi connectivity index (χ4v) is 2.93. The molecular weight excluding hydrogens is 316 g/mol. The first-order valence-corrected chi connectivity index (χ1v) is 6.63. The van der Waals surface area contributed by atoms with Gasteiger partial charge in [-0.15, -0.1) is 0 Å². The monoisotopic (exact) mass is 328 g/mol. The maximum absolute atomic E-state index is 11.7. The number of benzene rings is 1. The van der Waals surface area contributed by atoms with Gasteiger partial charge in [0.25, 0.3) is 5.69 Å². The van der Waals surface area contributed by atoms with E-state index in [1.165, 1.54) is 13.2 Å². The van der Waals surface area contributed by atoms with E-state index >= 15 is 0 Å². The molecule has 0 spiro atoms. The molecule has 0 saturated carbocycles. The molecule has 0 N–H and O–H groups in total. The Kier molecular flexibility index (Phi) is 4.04. The van der Waals surface area contributed by atoms with E-state index in [1.807, 2.05) is 0 Å². The topological polar surface area (TPSA) is 72.7 Å². The molecule has 102 valence electrons. The molecule has 0 aromatic heterocycles. The highest BCUT2D eigenvalue weighted by Crippen LogP contribution is 2.39. The summed E-state index contributed by atoms with van der Waals surface area (Å²) in [4.78, 5) is 24.2. The third kappa shape index (κ3) is 2.56. The number of rotatable bonds is 3. The lowest BCUT2D eigenvalue weighted by Crippen LogP contribution is -2.37. The number of anilines is 1. The smallest absolute Gasteiger partial charge is 0.328 e. The van der Waals surface area contributed by atoms with Crippen molar-refractivity contribution in [2.75, 3.05) is 18.6 Å². The number of hydrogen-bond donors (Lipinski definition) is 0. The fraction of sp³-hybridized carbons (Fsp3) is 0.417. The molecule has 7 heteroatoms. The summed E-state index contributed by atoms with van der Waals surface area (Å²) in [6.45, 7) is 0.600. The quantitative estimate of drug-likeness (QED) is 0.484. The number of halogens is 1. The molecule has 6 nitrogen and oxygen atoms in total. The fourth-order valence-electron chi connectivity index (χ4n) is 2.35. The molecule has 1 heterocycles. The lowest BCUT2D eigenvalue weighted by atomic mass is 10.2. The highest BCUT2D eigenvalue weighted by Gasteiger charge is 2.36. The van der Waals surface area contributed by atoms with Crippen LogP contribution in [-0.4, -0.2) is 30.6 Å². The lowest BCUT2D eigenvalue weighted by Gasteiger charge is -2.25. The maximum atomic E-state index is 11.7. The molecule has 19 heavy (non-hydrogen) atoms. The number of nitro groups is 1. The lowest BCUT2D eigenvalue weighted by molar-refractivity contribution is -0.384. The average molecular weight is 329 g/mol. The van der Waals surface area contributed by atoms with Crippen LogP contribution in [0, 0.1) is 10.1 Å². The Hall–Kier alpha value is -1.63. The molecule has 2 rings (SSSR count). The summed E-state index contributed by atoms with van der Waals surface area (Å²) in [6.07, 6.45) is 1.45. The molecule has 1 aromatic carbocycles. The number of carbonyl (C=O) groups is 1. The molecule has 1 aliphatic heterocycles. The second-order valence-corrected chi connectivity index (χ2v) is 5.09. The van der Waals surface area contributed by atoms with Gasteiger partial charge in [-0.2, -0.15) is 0 Å². The predicted octanol–water partition coefficient (Wildman–Crippen LogP) is 2.50. The molecule has 0 amide bonds. The number of methoxy groups -OCH3 is 1.